The summed E-state index contributed by atoms with van der Waals surface area (Å²) in [5.74, 6) is 0. The lowest BCUT2D eigenvalue weighted by atomic mass is 10.0. The minimum Gasteiger partial charge on any atom is -0.393 e. The number of benzene rings is 1. The maximum atomic E-state index is 10.0. The maximum Gasteiger partial charge on any atom is 0.0584 e. The summed E-state index contributed by atoms with van der Waals surface area (Å²) >= 11 is 3.50. The van der Waals surface area contributed by atoms with Crippen molar-refractivity contribution in [2.45, 2.75) is 25.4 Å². The molecule has 96 valence electrons. The number of hydrogen-bond donors (Lipinski definition) is 1. The van der Waals surface area contributed by atoms with Gasteiger partial charge in [0.2, 0.25) is 0 Å². The molecule has 3 nitrogen and oxygen atoms in total. The van der Waals surface area contributed by atoms with Crippen molar-refractivity contribution in [2.75, 3.05) is 0 Å². The number of aryl methyl sites for hydroxylation is 2. The maximum absolute atomic E-state index is 10.0. The molecule has 0 saturated carbocycles. The van der Waals surface area contributed by atoms with E-state index < -0.39 is 0 Å². The van der Waals surface area contributed by atoms with Crippen molar-refractivity contribution in [3.05, 3.63) is 52.3 Å². The van der Waals surface area contributed by atoms with Crippen LogP contribution in [0.4, 0.5) is 0 Å². The fraction of sp³-hybridized carbons (Fsp3) is 0.357. The van der Waals surface area contributed by atoms with Gasteiger partial charge in [0.1, 0.15) is 0 Å². The average molecular weight is 309 g/mol. The SMILES string of the molecule is Cn1cc(CCC(O)Cc2ccccc2Br)cn1. The van der Waals surface area contributed by atoms with Crippen molar-refractivity contribution >= 4 is 15.9 Å². The molecule has 0 aliphatic rings. The van der Waals surface area contributed by atoms with Crippen LogP contribution in [-0.2, 0) is 19.9 Å². The van der Waals surface area contributed by atoms with Crippen LogP contribution < -0.4 is 0 Å². The lowest BCUT2D eigenvalue weighted by Crippen LogP contribution is -2.11. The van der Waals surface area contributed by atoms with Gasteiger partial charge in [0.05, 0.1) is 12.3 Å². The predicted molar refractivity (Wildman–Crippen MR) is 75.4 cm³/mol. The highest BCUT2D eigenvalue weighted by Crippen LogP contribution is 2.18. The van der Waals surface area contributed by atoms with Crippen LogP contribution in [-0.4, -0.2) is 21.0 Å². The molecule has 0 amide bonds. The molecule has 2 rings (SSSR count). The third-order valence-electron chi connectivity index (χ3n) is 2.94. The van der Waals surface area contributed by atoms with Crippen LogP contribution in [0, 0.1) is 0 Å². The Kier molecular flexibility index (Phi) is 4.55. The molecule has 0 bridgehead atoms. The summed E-state index contributed by atoms with van der Waals surface area (Å²) in [6.07, 6.45) is 5.83. The predicted octanol–water partition coefficient (Wildman–Crippen LogP) is 2.72. The highest BCUT2D eigenvalue weighted by Gasteiger charge is 2.08. The van der Waals surface area contributed by atoms with Crippen LogP contribution in [0.1, 0.15) is 17.5 Å². The summed E-state index contributed by atoms with van der Waals surface area (Å²) in [4.78, 5) is 0. The van der Waals surface area contributed by atoms with Crippen molar-refractivity contribution in [2.24, 2.45) is 7.05 Å². The topological polar surface area (TPSA) is 38.0 Å². The number of rotatable bonds is 5. The Hall–Kier alpha value is -1.13. The molecule has 0 spiro atoms. The van der Waals surface area contributed by atoms with Crippen LogP contribution >= 0.6 is 15.9 Å². The van der Waals surface area contributed by atoms with Crippen LogP contribution in [0.25, 0.3) is 0 Å². The average Bonchev–Trinajstić information content (AvgIpc) is 2.76. The third kappa shape index (κ3) is 3.68. The van der Waals surface area contributed by atoms with Crippen LogP contribution in [0.15, 0.2) is 41.1 Å². The Labute approximate surface area is 116 Å². The van der Waals surface area contributed by atoms with Gasteiger partial charge in [0.25, 0.3) is 0 Å². The lowest BCUT2D eigenvalue weighted by molar-refractivity contribution is 0.165. The van der Waals surface area contributed by atoms with E-state index in [1.807, 2.05) is 43.7 Å². The van der Waals surface area contributed by atoms with E-state index in [0.717, 1.165) is 22.9 Å². The fourth-order valence-electron chi connectivity index (χ4n) is 1.95. The zero-order chi connectivity index (χ0) is 13.0. The van der Waals surface area contributed by atoms with E-state index in [9.17, 15) is 5.11 Å². The Balaban J connectivity index is 1.85. The minimum absolute atomic E-state index is 0.316. The highest BCUT2D eigenvalue weighted by atomic mass is 79.9. The number of halogens is 1. The summed E-state index contributed by atoms with van der Waals surface area (Å²) in [7, 11) is 1.90. The molecule has 1 unspecified atom stereocenters. The molecule has 4 heteroatoms. The van der Waals surface area contributed by atoms with Gasteiger partial charge in [-0.15, -0.1) is 0 Å². The summed E-state index contributed by atoms with van der Waals surface area (Å²) in [5, 5.41) is 14.2. The molecule has 0 aliphatic carbocycles. The smallest absolute Gasteiger partial charge is 0.0584 e. The van der Waals surface area contributed by atoms with Gasteiger partial charge in [0, 0.05) is 17.7 Å². The van der Waals surface area contributed by atoms with E-state index >= 15 is 0 Å². The first-order chi connectivity index (χ1) is 8.65. The van der Waals surface area contributed by atoms with Gasteiger partial charge in [-0.3, -0.25) is 4.68 Å². The van der Waals surface area contributed by atoms with Crippen LogP contribution in [0.2, 0.25) is 0 Å². The molecule has 1 aromatic carbocycles. The Morgan fingerprint density at radius 1 is 1.39 bits per heavy atom. The van der Waals surface area contributed by atoms with E-state index in [1.165, 1.54) is 5.56 Å². The molecule has 0 saturated heterocycles. The summed E-state index contributed by atoms with van der Waals surface area (Å²) in [5.41, 5.74) is 2.32. The van der Waals surface area contributed by atoms with Gasteiger partial charge in [-0.1, -0.05) is 34.1 Å². The fourth-order valence-corrected chi connectivity index (χ4v) is 2.40. The van der Waals surface area contributed by atoms with Crippen LogP contribution in [0.3, 0.4) is 0 Å². The largest absolute Gasteiger partial charge is 0.393 e. The Morgan fingerprint density at radius 2 is 2.17 bits per heavy atom. The number of aliphatic hydroxyl groups excluding tert-OH is 1. The number of aliphatic hydroxyl groups is 1. The van der Waals surface area contributed by atoms with E-state index in [1.54, 1.807) is 4.68 Å². The molecule has 0 aliphatic heterocycles. The van der Waals surface area contributed by atoms with Crippen molar-refractivity contribution < 1.29 is 5.11 Å². The van der Waals surface area contributed by atoms with E-state index in [-0.39, 0.29) is 6.10 Å². The van der Waals surface area contributed by atoms with Gasteiger partial charge < -0.3 is 5.11 Å². The molecule has 1 atom stereocenters. The monoisotopic (exact) mass is 308 g/mol. The molecular weight excluding hydrogens is 292 g/mol. The first-order valence-corrected chi connectivity index (χ1v) is 6.83. The van der Waals surface area contributed by atoms with Crippen molar-refractivity contribution in [1.82, 2.24) is 9.78 Å². The first-order valence-electron chi connectivity index (χ1n) is 6.04. The standard InChI is InChI=1S/C14H17BrN2O/c1-17-10-11(9-16-17)6-7-13(18)8-12-4-2-3-5-14(12)15/h2-5,9-10,13,18H,6-8H2,1H3. The third-order valence-corrected chi connectivity index (χ3v) is 3.71. The quantitative estimate of drug-likeness (QED) is 0.922. The second kappa shape index (κ2) is 6.16. The second-order valence-electron chi connectivity index (χ2n) is 4.51. The van der Waals surface area contributed by atoms with Gasteiger partial charge in [0.15, 0.2) is 0 Å². The summed E-state index contributed by atoms with van der Waals surface area (Å²) < 4.78 is 2.85. The molecule has 2 aromatic rings. The molecule has 1 heterocycles. The van der Waals surface area contributed by atoms with Crippen LogP contribution in [0.5, 0.6) is 0 Å². The first kappa shape index (κ1) is 13.3. The van der Waals surface area contributed by atoms with E-state index in [4.69, 9.17) is 0 Å². The van der Waals surface area contributed by atoms with E-state index in [2.05, 4.69) is 21.0 Å². The van der Waals surface area contributed by atoms with Crippen molar-refractivity contribution in [1.29, 1.82) is 0 Å². The van der Waals surface area contributed by atoms with Gasteiger partial charge in [-0.05, 0) is 36.5 Å². The molecule has 18 heavy (non-hydrogen) atoms. The molecule has 1 N–H and O–H groups in total. The molecule has 1 aromatic heterocycles. The Morgan fingerprint density at radius 3 is 2.83 bits per heavy atom. The lowest BCUT2D eigenvalue weighted by Gasteiger charge is -2.11. The van der Waals surface area contributed by atoms with Crippen molar-refractivity contribution in [3.8, 4) is 0 Å². The molecule has 0 fully saturated rings. The number of hydrogen-bond acceptors (Lipinski definition) is 2. The van der Waals surface area contributed by atoms with Gasteiger partial charge in [-0.25, -0.2) is 0 Å². The molecule has 0 radical (unpaired) electrons. The summed E-state index contributed by atoms with van der Waals surface area (Å²) in [6.45, 7) is 0. The zero-order valence-corrected chi connectivity index (χ0v) is 12.0. The Bertz CT molecular complexity index is 510. The number of nitrogens with zero attached hydrogens (tertiary/aromatic N) is 2. The summed E-state index contributed by atoms with van der Waals surface area (Å²) in [6, 6.07) is 8.02. The van der Waals surface area contributed by atoms with Gasteiger partial charge in [-0.2, -0.15) is 5.10 Å². The van der Waals surface area contributed by atoms with Gasteiger partial charge >= 0.3 is 0 Å². The minimum atomic E-state index is -0.316. The molecular formula is C14H17BrN2O. The normalized spacial score (nSPS) is 12.6. The highest BCUT2D eigenvalue weighted by molar-refractivity contribution is 9.10. The second-order valence-corrected chi connectivity index (χ2v) is 5.36. The zero-order valence-electron chi connectivity index (χ0n) is 10.4. The van der Waals surface area contributed by atoms with E-state index in [0.29, 0.717) is 6.42 Å². The van der Waals surface area contributed by atoms with Crippen molar-refractivity contribution in [3.63, 3.8) is 0 Å². The number of aromatic nitrogens is 2.